The van der Waals surface area contributed by atoms with E-state index in [1.807, 2.05) is 32.0 Å². The molecule has 2 amide bonds. The van der Waals surface area contributed by atoms with E-state index in [4.69, 9.17) is 4.74 Å². The number of para-hydroxylation sites is 1. The van der Waals surface area contributed by atoms with Gasteiger partial charge in [0.1, 0.15) is 5.75 Å². The summed E-state index contributed by atoms with van der Waals surface area (Å²) in [6, 6.07) is 9.05. The summed E-state index contributed by atoms with van der Waals surface area (Å²) in [5.74, 6) is 0.508. The Labute approximate surface area is 113 Å². The number of nitrogens with one attached hydrogen (secondary N) is 2. The van der Waals surface area contributed by atoms with Crippen LogP contribution in [0.3, 0.4) is 0 Å². The largest absolute Gasteiger partial charge is 0.484 e. The molecule has 0 bridgehead atoms. The van der Waals surface area contributed by atoms with Crippen molar-refractivity contribution in [3.63, 3.8) is 0 Å². The molecule has 0 saturated carbocycles. The first-order valence-corrected chi connectivity index (χ1v) is 6.29. The van der Waals surface area contributed by atoms with Crippen LogP contribution >= 0.6 is 0 Å². The fourth-order valence-electron chi connectivity index (χ4n) is 1.28. The van der Waals surface area contributed by atoms with Gasteiger partial charge in [0.05, 0.1) is 6.54 Å². The molecule has 5 nitrogen and oxygen atoms in total. The average molecular weight is 264 g/mol. The van der Waals surface area contributed by atoms with Crippen molar-refractivity contribution in [2.24, 2.45) is 5.92 Å². The van der Waals surface area contributed by atoms with E-state index in [-0.39, 0.29) is 25.0 Å². The first-order valence-electron chi connectivity index (χ1n) is 6.29. The number of hydrogen-bond acceptors (Lipinski definition) is 3. The third-order valence-corrected chi connectivity index (χ3v) is 2.27. The Morgan fingerprint density at radius 2 is 1.79 bits per heavy atom. The predicted octanol–water partition coefficient (Wildman–Crippen LogP) is 0.954. The molecule has 1 aromatic carbocycles. The van der Waals surface area contributed by atoms with E-state index >= 15 is 0 Å². The lowest BCUT2D eigenvalue weighted by atomic mass is 10.2. The van der Waals surface area contributed by atoms with Crippen LogP contribution in [0.5, 0.6) is 5.75 Å². The van der Waals surface area contributed by atoms with E-state index in [2.05, 4.69) is 10.6 Å². The summed E-state index contributed by atoms with van der Waals surface area (Å²) in [6.45, 7) is 4.50. The minimum atomic E-state index is -0.316. The summed E-state index contributed by atoms with van der Waals surface area (Å²) in [4.78, 5) is 22.8. The molecule has 0 spiro atoms. The van der Waals surface area contributed by atoms with Crippen molar-refractivity contribution in [3.05, 3.63) is 30.3 Å². The Kier molecular flexibility index (Phi) is 6.43. The van der Waals surface area contributed by atoms with Crippen molar-refractivity contribution in [2.45, 2.75) is 13.8 Å². The van der Waals surface area contributed by atoms with Gasteiger partial charge >= 0.3 is 0 Å². The molecule has 104 valence electrons. The maximum Gasteiger partial charge on any atom is 0.258 e. The Morgan fingerprint density at radius 1 is 1.11 bits per heavy atom. The second-order valence-corrected chi connectivity index (χ2v) is 4.58. The molecule has 0 saturated heterocycles. The normalized spacial score (nSPS) is 10.1. The molecule has 19 heavy (non-hydrogen) atoms. The number of hydrogen-bond donors (Lipinski definition) is 2. The Hall–Kier alpha value is -2.04. The van der Waals surface area contributed by atoms with Gasteiger partial charge in [0.2, 0.25) is 5.91 Å². The molecular weight excluding hydrogens is 244 g/mol. The van der Waals surface area contributed by atoms with E-state index in [0.717, 1.165) is 0 Å². The van der Waals surface area contributed by atoms with Crippen molar-refractivity contribution in [1.82, 2.24) is 10.6 Å². The summed E-state index contributed by atoms with van der Waals surface area (Å²) in [7, 11) is 0. The molecule has 1 aromatic rings. The highest BCUT2D eigenvalue weighted by molar-refractivity contribution is 5.85. The quantitative estimate of drug-likeness (QED) is 0.770. The molecule has 0 aromatic heterocycles. The maximum absolute atomic E-state index is 11.4. The van der Waals surface area contributed by atoms with Gasteiger partial charge in [-0.05, 0) is 18.1 Å². The summed E-state index contributed by atoms with van der Waals surface area (Å²) in [5.41, 5.74) is 0. The van der Waals surface area contributed by atoms with Crippen molar-refractivity contribution in [1.29, 1.82) is 0 Å². The molecule has 0 fully saturated rings. The molecular formula is C14H20N2O3. The van der Waals surface area contributed by atoms with Crippen LogP contribution in [-0.4, -0.2) is 31.5 Å². The van der Waals surface area contributed by atoms with Crippen LogP contribution in [0.1, 0.15) is 13.8 Å². The molecule has 2 N–H and O–H groups in total. The maximum atomic E-state index is 11.4. The number of benzene rings is 1. The lowest BCUT2D eigenvalue weighted by Gasteiger charge is -2.09. The highest BCUT2D eigenvalue weighted by atomic mass is 16.5. The molecule has 0 atom stereocenters. The fraction of sp³-hybridized carbons (Fsp3) is 0.429. The summed E-state index contributed by atoms with van der Waals surface area (Å²) >= 11 is 0. The number of ether oxygens (including phenoxy) is 1. The second-order valence-electron chi connectivity index (χ2n) is 4.58. The van der Waals surface area contributed by atoms with Gasteiger partial charge in [-0.2, -0.15) is 0 Å². The highest BCUT2D eigenvalue weighted by Gasteiger charge is 2.06. The molecule has 1 rings (SSSR count). The van der Waals surface area contributed by atoms with Crippen LogP contribution in [-0.2, 0) is 9.59 Å². The van der Waals surface area contributed by atoms with Crippen molar-refractivity contribution < 1.29 is 14.3 Å². The summed E-state index contributed by atoms with van der Waals surface area (Å²) < 4.78 is 5.25. The number of carbonyl (C=O) groups excluding carboxylic acids is 2. The third kappa shape index (κ3) is 7.08. The minimum absolute atomic E-state index is 0.0241. The minimum Gasteiger partial charge on any atom is -0.484 e. The number of amides is 2. The van der Waals surface area contributed by atoms with Crippen LogP contribution in [0, 0.1) is 5.92 Å². The third-order valence-electron chi connectivity index (χ3n) is 2.27. The van der Waals surface area contributed by atoms with Gasteiger partial charge in [-0.15, -0.1) is 0 Å². The summed E-state index contributed by atoms with van der Waals surface area (Å²) in [6.07, 6.45) is 0. The second kappa shape index (κ2) is 8.13. The Balaban J connectivity index is 2.16. The zero-order valence-corrected chi connectivity index (χ0v) is 11.3. The lowest BCUT2D eigenvalue weighted by Crippen LogP contribution is -2.39. The molecule has 0 radical (unpaired) electrons. The van der Waals surface area contributed by atoms with E-state index in [9.17, 15) is 9.59 Å². The monoisotopic (exact) mass is 264 g/mol. The lowest BCUT2D eigenvalue weighted by molar-refractivity contribution is -0.127. The van der Waals surface area contributed by atoms with Gasteiger partial charge in [0.25, 0.3) is 5.91 Å². The SMILES string of the molecule is CC(C)CNC(=O)CNC(=O)COc1ccccc1. The highest BCUT2D eigenvalue weighted by Crippen LogP contribution is 2.07. The number of carbonyl (C=O) groups is 2. The van der Waals surface area contributed by atoms with Gasteiger partial charge in [0, 0.05) is 6.54 Å². The van der Waals surface area contributed by atoms with Crippen molar-refractivity contribution >= 4 is 11.8 Å². The zero-order valence-electron chi connectivity index (χ0n) is 11.3. The Morgan fingerprint density at radius 3 is 2.42 bits per heavy atom. The average Bonchev–Trinajstić information content (AvgIpc) is 2.41. The molecule has 0 aliphatic carbocycles. The zero-order chi connectivity index (χ0) is 14.1. The fourth-order valence-corrected chi connectivity index (χ4v) is 1.28. The van der Waals surface area contributed by atoms with Crippen molar-refractivity contribution in [2.75, 3.05) is 19.7 Å². The van der Waals surface area contributed by atoms with Crippen LogP contribution < -0.4 is 15.4 Å². The van der Waals surface area contributed by atoms with Crippen LogP contribution in [0.15, 0.2) is 30.3 Å². The molecule has 0 aliphatic rings. The smallest absolute Gasteiger partial charge is 0.258 e. The van der Waals surface area contributed by atoms with E-state index in [0.29, 0.717) is 18.2 Å². The van der Waals surface area contributed by atoms with Crippen LogP contribution in [0.25, 0.3) is 0 Å². The van der Waals surface area contributed by atoms with Crippen molar-refractivity contribution in [3.8, 4) is 5.75 Å². The van der Waals surface area contributed by atoms with Crippen LogP contribution in [0.4, 0.5) is 0 Å². The van der Waals surface area contributed by atoms with Gasteiger partial charge in [-0.1, -0.05) is 32.0 Å². The topological polar surface area (TPSA) is 67.4 Å². The van der Waals surface area contributed by atoms with Gasteiger partial charge in [0.15, 0.2) is 6.61 Å². The van der Waals surface area contributed by atoms with E-state index in [1.54, 1.807) is 12.1 Å². The first-order chi connectivity index (χ1) is 9.08. The van der Waals surface area contributed by atoms with Crippen LogP contribution in [0.2, 0.25) is 0 Å². The van der Waals surface area contributed by atoms with Gasteiger partial charge in [-0.25, -0.2) is 0 Å². The first kappa shape index (κ1) is 15.0. The van der Waals surface area contributed by atoms with Gasteiger partial charge in [-0.3, -0.25) is 9.59 Å². The van der Waals surface area contributed by atoms with E-state index in [1.165, 1.54) is 0 Å². The predicted molar refractivity (Wildman–Crippen MR) is 72.8 cm³/mol. The Bertz CT molecular complexity index is 404. The van der Waals surface area contributed by atoms with Gasteiger partial charge < -0.3 is 15.4 Å². The summed E-state index contributed by atoms with van der Waals surface area (Å²) in [5, 5.41) is 5.22. The molecule has 0 aliphatic heterocycles. The molecule has 0 heterocycles. The number of rotatable bonds is 7. The van der Waals surface area contributed by atoms with E-state index < -0.39 is 0 Å². The standard InChI is InChI=1S/C14H20N2O3/c1-11(2)8-15-13(17)9-16-14(18)10-19-12-6-4-3-5-7-12/h3-7,11H,8-10H2,1-2H3,(H,15,17)(H,16,18). The molecule has 5 heteroatoms. The molecule has 0 unspecified atom stereocenters.